The molecule has 0 spiro atoms. The molecule has 1 atom stereocenters. The fourth-order valence-electron chi connectivity index (χ4n) is 5.02. The summed E-state index contributed by atoms with van der Waals surface area (Å²) in [5.41, 5.74) is 1.26. The molecule has 2 fully saturated rings. The number of halogens is 6. The number of carbonyl (C=O) groups is 1. The maximum Gasteiger partial charge on any atom is 0.573 e. The number of fused-ring (bicyclic) bond motifs is 1. The van der Waals surface area contributed by atoms with Crippen molar-refractivity contribution in [2.24, 2.45) is 0 Å². The number of nitrogens with zero attached hydrogens (tertiary/aromatic N) is 5. The Morgan fingerprint density at radius 3 is 2.30 bits per heavy atom. The average molecular weight is 687 g/mol. The summed E-state index contributed by atoms with van der Waals surface area (Å²) in [5, 5.41) is 2.87. The Morgan fingerprint density at radius 1 is 0.978 bits per heavy atom. The molecule has 4 aromatic rings. The number of hydrogen-bond acceptors (Lipinski definition) is 9. The molecule has 1 saturated heterocycles. The lowest BCUT2D eigenvalue weighted by Gasteiger charge is -2.39. The minimum Gasteiger partial charge on any atom is -0.406 e. The first-order chi connectivity index (χ1) is 21.7. The second-order valence-corrected chi connectivity index (χ2v) is 13.6. The molecule has 0 bridgehead atoms. The van der Waals surface area contributed by atoms with E-state index in [9.17, 15) is 39.6 Å². The molecule has 244 valence electrons. The van der Waals surface area contributed by atoms with Crippen molar-refractivity contribution in [2.45, 2.75) is 48.8 Å². The standard InChI is InChI=1S/C28H24F6N6O4S2/c29-27(30,31)25-36-14-22-23(37-25)38-26(45-22)39-11-12-40(46(42,43)20-9-5-18(6-10-20)17-3-4-17)21(15-39)24(41)35-13-16-1-7-19(8-2-16)44-28(32,33)34/h1-2,5-10,14,17,21H,3-4,11-13,15H2,(H,35,41)/t21-/m1/s1. The number of carbonyl (C=O) groups excluding carboxylic acids is 1. The number of ether oxygens (including phenoxy) is 1. The molecule has 46 heavy (non-hydrogen) atoms. The van der Waals surface area contributed by atoms with Crippen LogP contribution in [0.3, 0.4) is 0 Å². The Labute approximate surface area is 262 Å². The van der Waals surface area contributed by atoms with Crippen molar-refractivity contribution in [3.63, 3.8) is 0 Å². The lowest BCUT2D eigenvalue weighted by molar-refractivity contribution is -0.274. The highest BCUT2D eigenvalue weighted by atomic mass is 32.2. The summed E-state index contributed by atoms with van der Waals surface area (Å²) in [5.74, 6) is -2.09. The molecule has 10 nitrogen and oxygen atoms in total. The van der Waals surface area contributed by atoms with Gasteiger partial charge in [0.1, 0.15) is 11.8 Å². The van der Waals surface area contributed by atoms with Crippen LogP contribution in [0.25, 0.3) is 10.3 Å². The quantitative estimate of drug-likeness (QED) is 0.255. The third-order valence-electron chi connectivity index (χ3n) is 7.46. The lowest BCUT2D eigenvalue weighted by atomic mass is 10.1. The van der Waals surface area contributed by atoms with Gasteiger partial charge in [0.2, 0.25) is 21.8 Å². The van der Waals surface area contributed by atoms with Crippen LogP contribution in [-0.2, 0) is 27.5 Å². The Kier molecular flexibility index (Phi) is 8.30. The van der Waals surface area contributed by atoms with E-state index in [1.807, 2.05) is 0 Å². The van der Waals surface area contributed by atoms with E-state index in [4.69, 9.17) is 0 Å². The summed E-state index contributed by atoms with van der Waals surface area (Å²) in [6.45, 7) is -0.404. The number of sulfonamides is 1. The normalized spacial score (nSPS) is 18.1. The number of nitrogens with one attached hydrogen (secondary N) is 1. The zero-order valence-electron chi connectivity index (χ0n) is 23.5. The monoisotopic (exact) mass is 686 g/mol. The van der Waals surface area contributed by atoms with Gasteiger partial charge in [-0.1, -0.05) is 35.6 Å². The number of anilines is 1. The lowest BCUT2D eigenvalue weighted by Crippen LogP contribution is -2.60. The van der Waals surface area contributed by atoms with E-state index in [1.54, 1.807) is 17.0 Å². The van der Waals surface area contributed by atoms with Crippen LogP contribution in [0.2, 0.25) is 0 Å². The minimum absolute atomic E-state index is 0.00153. The summed E-state index contributed by atoms with van der Waals surface area (Å²) in [6, 6.07) is 10.0. The Hall–Kier alpha value is -4.03. The zero-order valence-corrected chi connectivity index (χ0v) is 25.2. The average Bonchev–Trinajstić information content (AvgIpc) is 3.77. The number of hydrogen-bond donors (Lipinski definition) is 1. The third-order valence-corrected chi connectivity index (χ3v) is 10.4. The summed E-state index contributed by atoms with van der Waals surface area (Å²) in [6.07, 6.45) is -6.57. The first kappa shape index (κ1) is 31.9. The molecule has 1 aliphatic carbocycles. The molecule has 6 rings (SSSR count). The van der Waals surface area contributed by atoms with Crippen molar-refractivity contribution >= 4 is 42.7 Å². The Bertz CT molecular complexity index is 1850. The van der Waals surface area contributed by atoms with Gasteiger partial charge in [0.15, 0.2) is 10.8 Å². The highest BCUT2D eigenvalue weighted by Crippen LogP contribution is 2.40. The largest absolute Gasteiger partial charge is 0.573 e. The third kappa shape index (κ3) is 7.02. The van der Waals surface area contributed by atoms with E-state index >= 15 is 0 Å². The minimum atomic E-state index is -4.87. The summed E-state index contributed by atoms with van der Waals surface area (Å²) in [7, 11) is -4.18. The number of piperazine rings is 1. The van der Waals surface area contributed by atoms with Crippen molar-refractivity contribution in [1.29, 1.82) is 0 Å². The number of amides is 1. The molecular weight excluding hydrogens is 662 g/mol. The second-order valence-electron chi connectivity index (χ2n) is 10.7. The molecule has 1 saturated carbocycles. The molecule has 18 heteroatoms. The van der Waals surface area contributed by atoms with Crippen LogP contribution in [0.1, 0.15) is 35.7 Å². The van der Waals surface area contributed by atoms with Gasteiger partial charge in [-0.15, -0.1) is 13.2 Å². The Morgan fingerprint density at radius 2 is 1.67 bits per heavy atom. The molecule has 2 aromatic heterocycles. The van der Waals surface area contributed by atoms with Crippen molar-refractivity contribution in [3.8, 4) is 5.75 Å². The molecule has 3 heterocycles. The first-order valence-electron chi connectivity index (χ1n) is 13.9. The summed E-state index contributed by atoms with van der Waals surface area (Å²) < 4.78 is 110. The van der Waals surface area contributed by atoms with Crippen molar-refractivity contribution in [3.05, 3.63) is 71.7 Å². The van der Waals surface area contributed by atoms with Crippen LogP contribution in [0.15, 0.2) is 59.6 Å². The smallest absolute Gasteiger partial charge is 0.406 e. The van der Waals surface area contributed by atoms with E-state index in [0.717, 1.165) is 52.4 Å². The van der Waals surface area contributed by atoms with Gasteiger partial charge in [-0.2, -0.15) is 22.5 Å². The number of alkyl halides is 6. The van der Waals surface area contributed by atoms with Gasteiger partial charge in [0, 0.05) is 26.2 Å². The zero-order chi connectivity index (χ0) is 32.9. The van der Waals surface area contributed by atoms with Gasteiger partial charge < -0.3 is 15.0 Å². The van der Waals surface area contributed by atoms with Crippen LogP contribution in [0.5, 0.6) is 5.75 Å². The van der Waals surface area contributed by atoms with Crippen molar-refractivity contribution in [2.75, 3.05) is 24.5 Å². The highest BCUT2D eigenvalue weighted by molar-refractivity contribution is 7.89. The van der Waals surface area contributed by atoms with Gasteiger partial charge >= 0.3 is 12.5 Å². The van der Waals surface area contributed by atoms with Crippen molar-refractivity contribution < 1.29 is 44.3 Å². The number of aromatic nitrogens is 3. The van der Waals surface area contributed by atoms with Gasteiger partial charge in [0.25, 0.3) is 0 Å². The first-order valence-corrected chi connectivity index (χ1v) is 16.1. The van der Waals surface area contributed by atoms with Gasteiger partial charge in [0.05, 0.1) is 15.8 Å². The molecule has 0 radical (unpaired) electrons. The van der Waals surface area contributed by atoms with E-state index in [0.29, 0.717) is 11.5 Å². The highest BCUT2D eigenvalue weighted by Gasteiger charge is 2.41. The molecule has 1 aliphatic heterocycles. The maximum absolute atomic E-state index is 13.8. The van der Waals surface area contributed by atoms with Crippen molar-refractivity contribution in [1.82, 2.24) is 24.6 Å². The van der Waals surface area contributed by atoms with Gasteiger partial charge in [-0.05, 0) is 54.2 Å². The molecule has 0 unspecified atom stereocenters. The predicted molar refractivity (Wildman–Crippen MR) is 153 cm³/mol. The molecule has 1 N–H and O–H groups in total. The van der Waals surface area contributed by atoms with Crippen LogP contribution in [-0.4, -0.2) is 65.6 Å². The van der Waals surface area contributed by atoms with Crippen LogP contribution in [0, 0.1) is 0 Å². The van der Waals surface area contributed by atoms with Gasteiger partial charge in [-0.25, -0.2) is 18.4 Å². The molecule has 2 aromatic carbocycles. The molecule has 2 aliphatic rings. The van der Waals surface area contributed by atoms with E-state index in [1.165, 1.54) is 24.3 Å². The van der Waals surface area contributed by atoms with E-state index < -0.39 is 46.1 Å². The number of benzene rings is 2. The Balaban J connectivity index is 1.24. The fraction of sp³-hybridized carbons (Fsp3) is 0.357. The predicted octanol–water partition coefficient (Wildman–Crippen LogP) is 5.08. The summed E-state index contributed by atoms with van der Waals surface area (Å²) in [4.78, 5) is 26.2. The van der Waals surface area contributed by atoms with E-state index in [2.05, 4.69) is 25.0 Å². The molecular formula is C28H24F6N6O4S2. The van der Waals surface area contributed by atoms with Crippen LogP contribution in [0.4, 0.5) is 31.5 Å². The fourth-order valence-corrected chi connectivity index (χ4v) is 7.50. The van der Waals surface area contributed by atoms with Crippen LogP contribution >= 0.6 is 11.3 Å². The van der Waals surface area contributed by atoms with E-state index in [-0.39, 0.29) is 46.6 Å². The van der Waals surface area contributed by atoms with Gasteiger partial charge in [-0.3, -0.25) is 4.79 Å². The number of thiazole rings is 1. The molecule has 1 amide bonds. The second kappa shape index (κ2) is 12.0. The summed E-state index contributed by atoms with van der Waals surface area (Å²) >= 11 is 0.998. The number of rotatable bonds is 8. The maximum atomic E-state index is 13.8. The van der Waals surface area contributed by atoms with Crippen LogP contribution < -0.4 is 15.0 Å². The SMILES string of the molecule is O=C(NCc1ccc(OC(F)(F)F)cc1)[C@H]1CN(c2nc3nc(C(F)(F)F)ncc3s2)CCN1S(=O)(=O)c1ccc(C2CC2)cc1. The topological polar surface area (TPSA) is 118 Å².